The predicted molar refractivity (Wildman–Crippen MR) is 87.8 cm³/mol. The molecule has 0 fully saturated rings. The Morgan fingerprint density at radius 1 is 1.09 bits per heavy atom. The maximum absolute atomic E-state index is 12.9. The molecule has 0 saturated carbocycles. The molecule has 2 aromatic carbocycles. The summed E-state index contributed by atoms with van der Waals surface area (Å²) in [6, 6.07) is 14.5. The number of amides is 1. The van der Waals surface area contributed by atoms with Gasteiger partial charge in [0.2, 0.25) is 5.91 Å². The molecular weight excluding hydrogens is 316 g/mol. The van der Waals surface area contributed by atoms with Crippen molar-refractivity contribution in [1.82, 2.24) is 0 Å². The zero-order valence-corrected chi connectivity index (χ0v) is 13.5. The molecule has 0 spiro atoms. The highest BCUT2D eigenvalue weighted by atomic mass is 32.2. The summed E-state index contributed by atoms with van der Waals surface area (Å²) in [5, 5.41) is 0. The maximum Gasteiger partial charge on any atom is 0.264 e. The van der Waals surface area contributed by atoms with Gasteiger partial charge in [-0.3, -0.25) is 9.10 Å². The van der Waals surface area contributed by atoms with Gasteiger partial charge >= 0.3 is 0 Å². The maximum atomic E-state index is 12.9. The summed E-state index contributed by atoms with van der Waals surface area (Å²) in [6.07, 6.45) is 0. The first-order valence-corrected chi connectivity index (χ1v) is 8.48. The zero-order valence-electron chi connectivity index (χ0n) is 12.7. The summed E-state index contributed by atoms with van der Waals surface area (Å²) < 4.78 is 32.2. The fourth-order valence-electron chi connectivity index (χ4n) is 2.10. The Bertz CT molecular complexity index is 776. The second-order valence-corrected chi connectivity index (χ2v) is 6.55. The molecule has 122 valence electrons. The second-order valence-electron chi connectivity index (χ2n) is 4.69. The van der Waals surface area contributed by atoms with Crippen LogP contribution < -0.4 is 14.8 Å². The number of primary amides is 1. The molecule has 0 bridgehead atoms. The molecule has 0 aliphatic rings. The number of benzene rings is 2. The van der Waals surface area contributed by atoms with Gasteiger partial charge in [-0.05, 0) is 31.2 Å². The third-order valence-corrected chi connectivity index (χ3v) is 4.84. The monoisotopic (exact) mass is 334 g/mol. The highest BCUT2D eigenvalue weighted by molar-refractivity contribution is 7.92. The normalized spacial score (nSPS) is 11.0. The number of para-hydroxylation sites is 2. The average molecular weight is 334 g/mol. The quantitative estimate of drug-likeness (QED) is 0.835. The molecule has 0 heterocycles. The van der Waals surface area contributed by atoms with Crippen LogP contribution >= 0.6 is 0 Å². The topological polar surface area (TPSA) is 89.7 Å². The Balaban J connectivity index is 2.57. The molecule has 23 heavy (non-hydrogen) atoms. The number of hydrogen-bond acceptors (Lipinski definition) is 4. The number of rotatable bonds is 7. The fourth-order valence-corrected chi connectivity index (χ4v) is 3.56. The van der Waals surface area contributed by atoms with Gasteiger partial charge in [-0.25, -0.2) is 8.42 Å². The van der Waals surface area contributed by atoms with Gasteiger partial charge in [-0.2, -0.15) is 0 Å². The molecule has 2 rings (SSSR count). The van der Waals surface area contributed by atoms with Crippen LogP contribution in [0.2, 0.25) is 0 Å². The average Bonchev–Trinajstić information content (AvgIpc) is 2.54. The SMILES string of the molecule is CCOc1ccccc1N(CC(N)=O)S(=O)(=O)c1ccccc1. The van der Waals surface area contributed by atoms with Gasteiger partial charge in [-0.1, -0.05) is 30.3 Å². The number of carbonyl (C=O) groups is 1. The van der Waals surface area contributed by atoms with Gasteiger partial charge in [-0.15, -0.1) is 0 Å². The summed E-state index contributed by atoms with van der Waals surface area (Å²) in [5.41, 5.74) is 5.52. The van der Waals surface area contributed by atoms with Crippen molar-refractivity contribution in [1.29, 1.82) is 0 Å². The van der Waals surface area contributed by atoms with Crippen molar-refractivity contribution in [3.05, 3.63) is 54.6 Å². The second kappa shape index (κ2) is 7.15. The Hall–Kier alpha value is -2.54. The zero-order chi connectivity index (χ0) is 16.9. The van der Waals surface area contributed by atoms with Crippen molar-refractivity contribution in [3.63, 3.8) is 0 Å². The number of ether oxygens (including phenoxy) is 1. The fraction of sp³-hybridized carbons (Fsp3) is 0.188. The van der Waals surface area contributed by atoms with Crippen LogP contribution in [0, 0.1) is 0 Å². The molecule has 7 heteroatoms. The Morgan fingerprint density at radius 3 is 2.30 bits per heavy atom. The number of nitrogens with two attached hydrogens (primary N) is 1. The van der Waals surface area contributed by atoms with Crippen LogP contribution in [0.15, 0.2) is 59.5 Å². The molecule has 2 aromatic rings. The molecule has 0 unspecified atom stereocenters. The van der Waals surface area contributed by atoms with Crippen molar-refractivity contribution in [2.75, 3.05) is 17.5 Å². The van der Waals surface area contributed by atoms with Gasteiger partial charge in [0.15, 0.2) is 0 Å². The van der Waals surface area contributed by atoms with E-state index < -0.39 is 22.5 Å². The minimum absolute atomic E-state index is 0.0764. The number of anilines is 1. The highest BCUT2D eigenvalue weighted by Gasteiger charge is 2.28. The van der Waals surface area contributed by atoms with E-state index >= 15 is 0 Å². The van der Waals surface area contributed by atoms with E-state index in [4.69, 9.17) is 10.5 Å². The van der Waals surface area contributed by atoms with Crippen LogP contribution in [0.5, 0.6) is 5.75 Å². The van der Waals surface area contributed by atoms with Crippen LogP contribution in [-0.2, 0) is 14.8 Å². The largest absolute Gasteiger partial charge is 0.492 e. The molecule has 1 amide bonds. The van der Waals surface area contributed by atoms with Gasteiger partial charge in [0.1, 0.15) is 12.3 Å². The minimum Gasteiger partial charge on any atom is -0.492 e. The van der Waals surface area contributed by atoms with E-state index in [1.165, 1.54) is 12.1 Å². The highest BCUT2D eigenvalue weighted by Crippen LogP contribution is 2.32. The predicted octanol–water partition coefficient (Wildman–Crippen LogP) is 1.77. The third kappa shape index (κ3) is 3.81. The van der Waals surface area contributed by atoms with Gasteiger partial charge in [0.25, 0.3) is 10.0 Å². The Labute approximate surface area is 135 Å². The molecule has 0 saturated heterocycles. The first-order valence-electron chi connectivity index (χ1n) is 7.04. The molecule has 2 N–H and O–H groups in total. The molecule has 0 atom stereocenters. The number of sulfonamides is 1. The lowest BCUT2D eigenvalue weighted by molar-refractivity contribution is -0.116. The van der Waals surface area contributed by atoms with Crippen LogP contribution in [-0.4, -0.2) is 27.5 Å². The van der Waals surface area contributed by atoms with E-state index in [9.17, 15) is 13.2 Å². The van der Waals surface area contributed by atoms with Gasteiger partial charge < -0.3 is 10.5 Å². The number of hydrogen-bond donors (Lipinski definition) is 1. The molecular formula is C16H18N2O4S. The van der Waals surface area contributed by atoms with Crippen molar-refractivity contribution < 1.29 is 17.9 Å². The standard InChI is InChI=1S/C16H18N2O4S/c1-2-22-15-11-7-6-10-14(15)18(12-16(17)19)23(20,21)13-8-4-3-5-9-13/h3-11H,2,12H2,1H3,(H2,17,19). The van der Waals surface area contributed by atoms with Crippen molar-refractivity contribution >= 4 is 21.6 Å². The lowest BCUT2D eigenvalue weighted by Crippen LogP contribution is -2.38. The van der Waals surface area contributed by atoms with Crippen LogP contribution in [0.25, 0.3) is 0 Å². The van der Waals surface area contributed by atoms with Gasteiger partial charge in [0.05, 0.1) is 17.2 Å². The summed E-state index contributed by atoms with van der Waals surface area (Å²) in [4.78, 5) is 11.5. The lowest BCUT2D eigenvalue weighted by Gasteiger charge is -2.25. The van der Waals surface area contributed by atoms with Crippen LogP contribution in [0.3, 0.4) is 0 Å². The first-order chi connectivity index (χ1) is 11.0. The number of carbonyl (C=O) groups excluding carboxylic acids is 1. The Morgan fingerprint density at radius 2 is 1.70 bits per heavy atom. The van der Waals surface area contributed by atoms with Crippen LogP contribution in [0.1, 0.15) is 6.92 Å². The van der Waals surface area contributed by atoms with E-state index in [1.807, 2.05) is 0 Å². The smallest absolute Gasteiger partial charge is 0.264 e. The molecule has 0 radical (unpaired) electrons. The van der Waals surface area contributed by atoms with Crippen molar-refractivity contribution in [2.24, 2.45) is 5.73 Å². The Kier molecular flexibility index (Phi) is 5.23. The van der Waals surface area contributed by atoms with E-state index in [2.05, 4.69) is 0 Å². The van der Waals surface area contributed by atoms with E-state index in [0.717, 1.165) is 4.31 Å². The summed E-state index contributed by atoms with van der Waals surface area (Å²) >= 11 is 0. The first kappa shape index (κ1) is 16.8. The third-order valence-electron chi connectivity index (χ3n) is 3.06. The van der Waals surface area contributed by atoms with E-state index in [1.54, 1.807) is 49.4 Å². The summed E-state index contributed by atoms with van der Waals surface area (Å²) in [5.74, 6) is -0.383. The molecule has 6 nitrogen and oxygen atoms in total. The molecule has 0 aliphatic carbocycles. The van der Waals surface area contributed by atoms with Crippen molar-refractivity contribution in [2.45, 2.75) is 11.8 Å². The van der Waals surface area contributed by atoms with Crippen LogP contribution in [0.4, 0.5) is 5.69 Å². The molecule has 0 aliphatic heterocycles. The number of nitrogens with zero attached hydrogens (tertiary/aromatic N) is 1. The van der Waals surface area contributed by atoms with E-state index in [0.29, 0.717) is 12.4 Å². The lowest BCUT2D eigenvalue weighted by atomic mass is 10.3. The summed E-state index contributed by atoms with van der Waals surface area (Å²) in [7, 11) is -3.94. The summed E-state index contributed by atoms with van der Waals surface area (Å²) in [6.45, 7) is 1.69. The van der Waals surface area contributed by atoms with Gasteiger partial charge in [0, 0.05) is 0 Å². The van der Waals surface area contributed by atoms with E-state index in [-0.39, 0.29) is 10.6 Å². The minimum atomic E-state index is -3.94. The molecule has 0 aromatic heterocycles. The van der Waals surface area contributed by atoms with Crippen molar-refractivity contribution in [3.8, 4) is 5.75 Å².